The number of rotatable bonds is 4. The molecule has 0 saturated carbocycles. The van der Waals surface area contributed by atoms with Crippen molar-refractivity contribution in [2.75, 3.05) is 0 Å². The van der Waals surface area contributed by atoms with Crippen LogP contribution in [0, 0.1) is 0 Å². The Morgan fingerprint density at radius 1 is 1.40 bits per heavy atom. The molecule has 0 aliphatic rings. The Morgan fingerprint density at radius 2 is 1.90 bits per heavy atom. The van der Waals surface area contributed by atoms with Crippen molar-refractivity contribution in [1.82, 2.24) is 0 Å². The predicted octanol–water partition coefficient (Wildman–Crippen LogP) is -1.04. The first-order valence-corrected chi connectivity index (χ1v) is 4.07. The van der Waals surface area contributed by atoms with Crippen molar-refractivity contribution in [3.63, 3.8) is 0 Å². The average Bonchev–Trinajstić information content (AvgIpc) is 1.58. The van der Waals surface area contributed by atoms with Crippen LogP contribution < -0.4 is 4.89 Å². The Bertz CT molecular complexity index is 127. The van der Waals surface area contributed by atoms with E-state index in [1.165, 1.54) is 0 Å². The molecule has 0 radical (unpaired) electrons. The standard InChI is InChI=1S/CH2O7P2/c2-1(7-9(3)4)8-10(5)6/h1-2H/p+1. The minimum Gasteiger partial charge on any atom is -0.566 e. The van der Waals surface area contributed by atoms with E-state index in [1.54, 1.807) is 0 Å². The molecular weight excluding hydrogens is 186 g/mol. The summed E-state index contributed by atoms with van der Waals surface area (Å²) in [6.07, 6.45) is 0. The Kier molecular flexibility index (Phi) is 4.76. The molecule has 0 amide bonds. The van der Waals surface area contributed by atoms with Crippen LogP contribution in [0.2, 0.25) is 0 Å². The van der Waals surface area contributed by atoms with Crippen molar-refractivity contribution in [2.24, 2.45) is 0 Å². The third-order valence-electron chi connectivity index (χ3n) is 0.357. The number of aliphatic hydroxyl groups is 1. The quantitative estimate of drug-likeness (QED) is 0.428. The first-order valence-electron chi connectivity index (χ1n) is 1.84. The topological polar surface area (TPSA) is 116 Å². The molecule has 0 aromatic rings. The van der Waals surface area contributed by atoms with Gasteiger partial charge in [-0.2, -0.15) is 0 Å². The smallest absolute Gasteiger partial charge is 0.566 e. The average molecular weight is 189 g/mol. The Labute approximate surface area is 57.1 Å². The van der Waals surface area contributed by atoms with Crippen LogP contribution in [0.4, 0.5) is 0 Å². The van der Waals surface area contributed by atoms with E-state index in [4.69, 9.17) is 10.00 Å². The van der Waals surface area contributed by atoms with Gasteiger partial charge in [-0.15, -0.1) is 4.89 Å². The lowest BCUT2D eigenvalue weighted by Crippen LogP contribution is -2.10. The molecule has 9 heteroatoms. The second kappa shape index (κ2) is 4.76. The Morgan fingerprint density at radius 3 is 2.20 bits per heavy atom. The summed E-state index contributed by atoms with van der Waals surface area (Å²) in [6, 6.07) is 0. The predicted molar refractivity (Wildman–Crippen MR) is 25.6 cm³/mol. The van der Waals surface area contributed by atoms with Gasteiger partial charge in [0.1, 0.15) is 0 Å². The van der Waals surface area contributed by atoms with Gasteiger partial charge in [0.2, 0.25) is 0 Å². The minimum absolute atomic E-state index is 2.21. The molecular formula is CH3O7P2+. The zero-order chi connectivity index (χ0) is 8.15. The van der Waals surface area contributed by atoms with Crippen LogP contribution in [0.1, 0.15) is 0 Å². The lowest BCUT2D eigenvalue weighted by atomic mass is 11.4. The van der Waals surface area contributed by atoms with Gasteiger partial charge in [0.15, 0.2) is 0 Å². The maximum Gasteiger partial charge on any atom is 0.700 e. The first kappa shape index (κ1) is 10.0. The molecule has 0 saturated heterocycles. The molecule has 2 N–H and O–H groups in total. The van der Waals surface area contributed by atoms with Gasteiger partial charge in [-0.05, 0) is 4.57 Å². The molecule has 3 atom stereocenters. The van der Waals surface area contributed by atoms with E-state index in [1.807, 2.05) is 0 Å². The summed E-state index contributed by atoms with van der Waals surface area (Å²) in [5.74, 6) is 0. The number of aliphatic hydroxyl groups excluding tert-OH is 1. The molecule has 0 rings (SSSR count). The largest absolute Gasteiger partial charge is 0.700 e. The van der Waals surface area contributed by atoms with Crippen molar-refractivity contribution in [3.8, 4) is 0 Å². The molecule has 0 aromatic heterocycles. The van der Waals surface area contributed by atoms with Gasteiger partial charge in [-0.3, -0.25) is 0 Å². The zero-order valence-electron chi connectivity index (χ0n) is 4.41. The maximum atomic E-state index is 9.68. The monoisotopic (exact) mass is 189 g/mol. The van der Waals surface area contributed by atoms with Gasteiger partial charge < -0.3 is 10.00 Å². The van der Waals surface area contributed by atoms with E-state index in [0.717, 1.165) is 0 Å². The highest BCUT2D eigenvalue weighted by Gasteiger charge is 2.26. The van der Waals surface area contributed by atoms with Gasteiger partial charge in [-0.25, -0.2) is 0 Å². The van der Waals surface area contributed by atoms with Gasteiger partial charge in [0.05, 0.1) is 0 Å². The van der Waals surface area contributed by atoms with Crippen molar-refractivity contribution in [1.29, 1.82) is 0 Å². The van der Waals surface area contributed by atoms with Gasteiger partial charge in [0.25, 0.3) is 0 Å². The van der Waals surface area contributed by atoms with Crippen LogP contribution in [0.25, 0.3) is 0 Å². The fourth-order valence-corrected chi connectivity index (χ4v) is 0.626. The van der Waals surface area contributed by atoms with E-state index in [-0.39, 0.29) is 0 Å². The maximum absolute atomic E-state index is 9.68. The summed E-state index contributed by atoms with van der Waals surface area (Å²) in [5.41, 5.74) is 0. The Balaban J connectivity index is 3.53. The molecule has 58 valence electrons. The van der Waals surface area contributed by atoms with E-state index in [2.05, 4.69) is 9.05 Å². The van der Waals surface area contributed by atoms with E-state index in [9.17, 15) is 14.0 Å². The van der Waals surface area contributed by atoms with Gasteiger partial charge in [-0.1, -0.05) is 9.05 Å². The third-order valence-corrected chi connectivity index (χ3v) is 1.07. The summed E-state index contributed by atoms with van der Waals surface area (Å²) in [6.45, 7) is -2.21. The highest BCUT2D eigenvalue weighted by Crippen LogP contribution is 2.21. The highest BCUT2D eigenvalue weighted by molar-refractivity contribution is 7.32. The third kappa shape index (κ3) is 6.12. The molecule has 0 aliphatic carbocycles. The lowest BCUT2D eigenvalue weighted by Gasteiger charge is -1.92. The van der Waals surface area contributed by atoms with Crippen LogP contribution in [0.3, 0.4) is 0 Å². The molecule has 0 spiro atoms. The molecule has 3 unspecified atom stereocenters. The van der Waals surface area contributed by atoms with E-state index < -0.39 is 23.0 Å². The summed E-state index contributed by atoms with van der Waals surface area (Å²) < 4.78 is 26.3. The van der Waals surface area contributed by atoms with Crippen LogP contribution in [-0.4, -0.2) is 16.5 Å². The molecule has 7 nitrogen and oxygen atoms in total. The van der Waals surface area contributed by atoms with Crippen molar-refractivity contribution in [3.05, 3.63) is 0 Å². The van der Waals surface area contributed by atoms with E-state index >= 15 is 0 Å². The second-order valence-corrected chi connectivity index (χ2v) is 2.32. The summed E-state index contributed by atoms with van der Waals surface area (Å²) in [7, 11) is -6.35. The van der Waals surface area contributed by atoms with E-state index in [0.29, 0.717) is 0 Å². The molecule has 0 fully saturated rings. The molecule has 0 aliphatic heterocycles. The van der Waals surface area contributed by atoms with Crippen LogP contribution >= 0.6 is 16.5 Å². The molecule has 0 aromatic carbocycles. The van der Waals surface area contributed by atoms with Gasteiger partial charge in [0, 0.05) is 4.57 Å². The van der Waals surface area contributed by atoms with Crippen LogP contribution in [0.5, 0.6) is 0 Å². The fraction of sp³-hybridized carbons (Fsp3) is 1.00. The SMILES string of the molecule is O=[P+]([O-])OC(O)O[P+](=O)O. The molecule has 0 heterocycles. The summed E-state index contributed by atoms with van der Waals surface area (Å²) >= 11 is 0. The highest BCUT2D eigenvalue weighted by atomic mass is 31.1. The second-order valence-electron chi connectivity index (χ2n) is 0.979. The number of hydrogen-bond donors (Lipinski definition) is 2. The normalized spacial score (nSPS) is 16.3. The molecule has 0 bridgehead atoms. The Hall–Kier alpha value is -0.0000000000000000486. The van der Waals surface area contributed by atoms with Gasteiger partial charge >= 0.3 is 23.0 Å². The van der Waals surface area contributed by atoms with Crippen molar-refractivity contribution >= 4 is 16.5 Å². The minimum atomic E-state index is -3.29. The molecule has 10 heavy (non-hydrogen) atoms. The van der Waals surface area contributed by atoms with Crippen molar-refractivity contribution in [2.45, 2.75) is 6.48 Å². The summed E-state index contributed by atoms with van der Waals surface area (Å²) in [5, 5.41) is 8.22. The fourth-order valence-electron chi connectivity index (χ4n) is 0.170. The lowest BCUT2D eigenvalue weighted by molar-refractivity contribution is -0.230. The number of hydrogen-bond acceptors (Lipinski definition) is 6. The summed E-state index contributed by atoms with van der Waals surface area (Å²) in [4.78, 5) is 17.5. The zero-order valence-corrected chi connectivity index (χ0v) is 6.20. The van der Waals surface area contributed by atoms with Crippen LogP contribution in [-0.2, 0) is 18.2 Å². The first-order chi connectivity index (χ1) is 4.52. The van der Waals surface area contributed by atoms with Crippen molar-refractivity contribution < 1.29 is 33.1 Å². The van der Waals surface area contributed by atoms with Crippen LogP contribution in [0.15, 0.2) is 0 Å².